The van der Waals surface area contributed by atoms with Crippen molar-refractivity contribution in [3.05, 3.63) is 28.6 Å². The number of aliphatic hydroxyl groups is 1. The van der Waals surface area contributed by atoms with Gasteiger partial charge in [-0.25, -0.2) is 14.5 Å². The Kier molecular flexibility index (Phi) is 4.86. The molecule has 4 heterocycles. The van der Waals surface area contributed by atoms with Gasteiger partial charge in [0.15, 0.2) is 0 Å². The normalized spacial score (nSPS) is 21.2. The minimum absolute atomic E-state index is 0.0428. The van der Waals surface area contributed by atoms with Gasteiger partial charge in [0.1, 0.15) is 11.6 Å². The molecule has 9 nitrogen and oxygen atoms in total. The van der Waals surface area contributed by atoms with E-state index in [9.17, 15) is 9.90 Å². The maximum absolute atomic E-state index is 12.1. The van der Waals surface area contributed by atoms with Crippen molar-refractivity contribution in [2.75, 3.05) is 36.0 Å². The molecular formula is C18H27N7O2. The number of nitrogens with zero attached hydrogens (tertiary/aromatic N) is 7. The highest BCUT2D eigenvalue weighted by atomic mass is 16.3. The lowest BCUT2D eigenvalue weighted by molar-refractivity contribution is 0.198. The van der Waals surface area contributed by atoms with Gasteiger partial charge in [0.05, 0.1) is 6.10 Å². The van der Waals surface area contributed by atoms with Crippen LogP contribution in [-0.2, 0) is 13.6 Å². The van der Waals surface area contributed by atoms with Gasteiger partial charge in [-0.15, -0.1) is 0 Å². The maximum atomic E-state index is 12.1. The predicted octanol–water partition coefficient (Wildman–Crippen LogP) is 0.347. The fourth-order valence-electron chi connectivity index (χ4n) is 4.08. The Hall–Kier alpha value is -2.42. The van der Waals surface area contributed by atoms with Crippen LogP contribution in [0, 0.1) is 0 Å². The van der Waals surface area contributed by atoms with Gasteiger partial charge in [-0.3, -0.25) is 4.57 Å². The first-order valence-corrected chi connectivity index (χ1v) is 9.71. The Morgan fingerprint density at radius 2 is 1.93 bits per heavy atom. The molecule has 2 aliphatic heterocycles. The van der Waals surface area contributed by atoms with Crippen LogP contribution in [0.4, 0.5) is 11.8 Å². The highest BCUT2D eigenvalue weighted by Crippen LogP contribution is 2.28. The molecule has 0 bridgehead atoms. The van der Waals surface area contributed by atoms with Crippen LogP contribution in [0.2, 0.25) is 0 Å². The van der Waals surface area contributed by atoms with E-state index in [1.54, 1.807) is 17.8 Å². The van der Waals surface area contributed by atoms with Crippen molar-refractivity contribution < 1.29 is 5.11 Å². The summed E-state index contributed by atoms with van der Waals surface area (Å²) in [7, 11) is 1.71. The molecule has 0 aliphatic carbocycles. The summed E-state index contributed by atoms with van der Waals surface area (Å²) >= 11 is 0. The first-order chi connectivity index (χ1) is 13.1. The zero-order valence-electron chi connectivity index (χ0n) is 16.0. The molecule has 0 spiro atoms. The molecule has 2 saturated heterocycles. The molecule has 4 rings (SSSR count). The molecule has 1 N–H and O–H groups in total. The van der Waals surface area contributed by atoms with Crippen LogP contribution in [0.3, 0.4) is 0 Å². The van der Waals surface area contributed by atoms with Crippen LogP contribution < -0.4 is 15.5 Å². The summed E-state index contributed by atoms with van der Waals surface area (Å²) in [6.45, 7) is 5.77. The van der Waals surface area contributed by atoms with E-state index < -0.39 is 0 Å². The second-order valence-electron chi connectivity index (χ2n) is 7.37. The lowest BCUT2D eigenvalue weighted by Gasteiger charge is -2.32. The number of rotatable bonds is 4. The Labute approximate surface area is 158 Å². The highest BCUT2D eigenvalue weighted by molar-refractivity contribution is 5.45. The van der Waals surface area contributed by atoms with Crippen molar-refractivity contribution in [1.29, 1.82) is 0 Å². The standard InChI is InChI=1S/C18H27N7O2/c1-3-25-16(21-22(2)18(25)27)13-5-9-23(10-6-13)17-19-8-4-15(20-17)24-11-7-14(26)12-24/h4,8,13-14,26H,3,5-7,9-12H2,1-2H3. The fourth-order valence-corrected chi connectivity index (χ4v) is 4.08. The molecule has 0 amide bonds. The lowest BCUT2D eigenvalue weighted by atomic mass is 9.96. The first kappa shape index (κ1) is 18.0. The van der Waals surface area contributed by atoms with Crippen molar-refractivity contribution in [2.24, 2.45) is 7.05 Å². The first-order valence-electron chi connectivity index (χ1n) is 9.71. The van der Waals surface area contributed by atoms with Gasteiger partial charge in [-0.05, 0) is 32.3 Å². The van der Waals surface area contributed by atoms with Crippen LogP contribution in [0.5, 0.6) is 0 Å². The van der Waals surface area contributed by atoms with Gasteiger partial charge in [-0.1, -0.05) is 0 Å². The Balaban J connectivity index is 1.45. The van der Waals surface area contributed by atoms with Gasteiger partial charge >= 0.3 is 5.69 Å². The molecule has 9 heteroatoms. The molecule has 2 aliphatic rings. The van der Waals surface area contributed by atoms with Gasteiger partial charge in [-0.2, -0.15) is 10.1 Å². The molecule has 146 valence electrons. The van der Waals surface area contributed by atoms with Crippen molar-refractivity contribution in [1.82, 2.24) is 24.3 Å². The largest absolute Gasteiger partial charge is 0.391 e. The molecule has 0 saturated carbocycles. The fraction of sp³-hybridized carbons (Fsp3) is 0.667. The van der Waals surface area contributed by atoms with E-state index >= 15 is 0 Å². The third-order valence-corrected chi connectivity index (χ3v) is 5.61. The summed E-state index contributed by atoms with van der Waals surface area (Å²) in [5.74, 6) is 2.79. The van der Waals surface area contributed by atoms with Crippen LogP contribution in [-0.4, -0.2) is 61.7 Å². The van der Waals surface area contributed by atoms with Gasteiger partial charge in [0.2, 0.25) is 5.95 Å². The van der Waals surface area contributed by atoms with Crippen molar-refractivity contribution >= 4 is 11.8 Å². The molecule has 2 aromatic rings. The van der Waals surface area contributed by atoms with Crippen LogP contribution in [0.15, 0.2) is 17.1 Å². The summed E-state index contributed by atoms with van der Waals surface area (Å²) < 4.78 is 3.21. The number of aryl methyl sites for hydroxylation is 1. The van der Waals surface area contributed by atoms with Crippen LogP contribution in [0.25, 0.3) is 0 Å². The van der Waals surface area contributed by atoms with Gasteiger partial charge in [0, 0.05) is 51.9 Å². The topological polar surface area (TPSA) is 92.3 Å². The number of hydrogen-bond donors (Lipinski definition) is 1. The third-order valence-electron chi connectivity index (χ3n) is 5.61. The van der Waals surface area contributed by atoms with Crippen molar-refractivity contribution in [3.8, 4) is 0 Å². The molecule has 0 radical (unpaired) electrons. The van der Waals surface area contributed by atoms with Crippen molar-refractivity contribution in [2.45, 2.75) is 44.8 Å². The third kappa shape index (κ3) is 3.43. The summed E-state index contributed by atoms with van der Waals surface area (Å²) in [6, 6.07) is 1.90. The van der Waals surface area contributed by atoms with Crippen molar-refractivity contribution in [3.63, 3.8) is 0 Å². The number of anilines is 2. The molecule has 2 aromatic heterocycles. The maximum Gasteiger partial charge on any atom is 0.345 e. The summed E-state index contributed by atoms with van der Waals surface area (Å²) in [6.07, 6.45) is 4.16. The predicted molar refractivity (Wildman–Crippen MR) is 102 cm³/mol. The second kappa shape index (κ2) is 7.30. The van der Waals surface area contributed by atoms with E-state index in [0.29, 0.717) is 13.1 Å². The Bertz CT molecular complexity index is 854. The second-order valence-corrected chi connectivity index (χ2v) is 7.37. The minimum atomic E-state index is -0.270. The zero-order chi connectivity index (χ0) is 19.0. The number of aliphatic hydroxyl groups excluding tert-OH is 1. The summed E-state index contributed by atoms with van der Waals surface area (Å²) in [5.41, 5.74) is -0.0428. The van der Waals surface area contributed by atoms with Crippen LogP contribution >= 0.6 is 0 Å². The zero-order valence-corrected chi connectivity index (χ0v) is 16.0. The van der Waals surface area contributed by atoms with E-state index in [0.717, 1.165) is 56.5 Å². The number of aromatic nitrogens is 5. The molecule has 1 unspecified atom stereocenters. The van der Waals surface area contributed by atoms with Gasteiger partial charge in [0.25, 0.3) is 0 Å². The van der Waals surface area contributed by atoms with E-state index in [-0.39, 0.29) is 17.7 Å². The van der Waals surface area contributed by atoms with Crippen LogP contribution in [0.1, 0.15) is 37.9 Å². The monoisotopic (exact) mass is 373 g/mol. The number of piperidine rings is 1. The lowest BCUT2D eigenvalue weighted by Crippen LogP contribution is -2.35. The molecule has 0 aromatic carbocycles. The van der Waals surface area contributed by atoms with E-state index in [4.69, 9.17) is 4.98 Å². The quantitative estimate of drug-likeness (QED) is 0.826. The molecule has 27 heavy (non-hydrogen) atoms. The molecular weight excluding hydrogens is 346 g/mol. The summed E-state index contributed by atoms with van der Waals surface area (Å²) in [5, 5.41) is 14.2. The number of β-amino-alcohol motifs (C(OH)–C–C–N with tert-alkyl or cyclic N) is 1. The van der Waals surface area contributed by atoms with E-state index in [1.165, 1.54) is 4.68 Å². The molecule has 1 atom stereocenters. The number of hydrogen-bond acceptors (Lipinski definition) is 7. The molecule has 2 fully saturated rings. The van der Waals surface area contributed by atoms with Gasteiger partial charge < -0.3 is 14.9 Å². The summed E-state index contributed by atoms with van der Waals surface area (Å²) in [4.78, 5) is 25.6. The average Bonchev–Trinajstić information content (AvgIpc) is 3.25. The highest BCUT2D eigenvalue weighted by Gasteiger charge is 2.28. The smallest absolute Gasteiger partial charge is 0.345 e. The SMILES string of the molecule is CCn1c(C2CCN(c3nccc(N4CCC(O)C4)n3)CC2)nn(C)c1=O. The average molecular weight is 373 g/mol. The van der Waals surface area contributed by atoms with E-state index in [1.807, 2.05) is 13.0 Å². The Morgan fingerprint density at radius 3 is 2.59 bits per heavy atom. The minimum Gasteiger partial charge on any atom is -0.391 e. The van der Waals surface area contributed by atoms with E-state index in [2.05, 4.69) is 19.9 Å². The Morgan fingerprint density at radius 1 is 1.19 bits per heavy atom.